The molecule has 3 unspecified atom stereocenters. The van der Waals surface area contributed by atoms with Crippen LogP contribution in [0.5, 0.6) is 0 Å². The van der Waals surface area contributed by atoms with Crippen LogP contribution in [-0.2, 0) is 0 Å². The maximum Gasteiger partial charge on any atom is 0.137 e. The third-order valence-electron chi connectivity index (χ3n) is 4.61. The van der Waals surface area contributed by atoms with Gasteiger partial charge in [-0.1, -0.05) is 0 Å². The average molecular weight is 328 g/mol. The van der Waals surface area contributed by atoms with Crippen LogP contribution in [0, 0.1) is 11.7 Å². The molecule has 2 aliphatic rings. The molecule has 0 spiro atoms. The number of anilines is 1. The van der Waals surface area contributed by atoms with E-state index >= 15 is 0 Å². The molecule has 19 heavy (non-hydrogen) atoms. The molecule has 3 nitrogen and oxygen atoms in total. The zero-order valence-corrected chi connectivity index (χ0v) is 12.4. The Morgan fingerprint density at radius 1 is 1.47 bits per heavy atom. The molecule has 2 heterocycles. The van der Waals surface area contributed by atoms with E-state index in [0.29, 0.717) is 16.9 Å². The quantitative estimate of drug-likeness (QED) is 0.895. The predicted octanol–water partition coefficient (Wildman–Crippen LogP) is 2.42. The lowest BCUT2D eigenvalue weighted by atomic mass is 9.78. The highest BCUT2D eigenvalue weighted by Gasteiger charge is 2.45. The molecule has 0 aliphatic carbocycles. The van der Waals surface area contributed by atoms with Crippen LogP contribution < -0.4 is 11.1 Å². The van der Waals surface area contributed by atoms with Gasteiger partial charge in [0.2, 0.25) is 0 Å². The molecular formula is C14H19BrFN3. The van der Waals surface area contributed by atoms with E-state index < -0.39 is 0 Å². The largest absolute Gasteiger partial charge is 0.378 e. The van der Waals surface area contributed by atoms with Gasteiger partial charge in [0, 0.05) is 25.3 Å². The number of nitrogens with one attached hydrogen (secondary N) is 1. The van der Waals surface area contributed by atoms with Gasteiger partial charge in [-0.15, -0.1) is 0 Å². The second-order valence-corrected chi connectivity index (χ2v) is 6.50. The highest BCUT2D eigenvalue weighted by molar-refractivity contribution is 9.10. The lowest BCUT2D eigenvalue weighted by Gasteiger charge is -2.43. The second-order valence-electron chi connectivity index (χ2n) is 5.65. The number of halogens is 2. The molecule has 1 aromatic carbocycles. The summed E-state index contributed by atoms with van der Waals surface area (Å²) in [7, 11) is 0. The summed E-state index contributed by atoms with van der Waals surface area (Å²) < 4.78 is 13.8. The van der Waals surface area contributed by atoms with E-state index in [-0.39, 0.29) is 11.4 Å². The average Bonchev–Trinajstić information content (AvgIpc) is 2.82. The Bertz CT molecular complexity index is 482. The van der Waals surface area contributed by atoms with Crippen LogP contribution in [0.15, 0.2) is 22.7 Å². The van der Waals surface area contributed by atoms with Crippen LogP contribution in [0.3, 0.4) is 0 Å². The van der Waals surface area contributed by atoms with Crippen molar-refractivity contribution in [2.45, 2.75) is 18.4 Å². The van der Waals surface area contributed by atoms with E-state index in [2.05, 4.69) is 26.1 Å². The Kier molecular flexibility index (Phi) is 3.53. The molecule has 2 aliphatic heterocycles. The third-order valence-corrected chi connectivity index (χ3v) is 5.21. The summed E-state index contributed by atoms with van der Waals surface area (Å²) in [5, 5.41) is 3.59. The molecule has 0 saturated carbocycles. The van der Waals surface area contributed by atoms with Crippen LogP contribution in [0.2, 0.25) is 0 Å². The molecule has 2 saturated heterocycles. The number of fused-ring (bicyclic) bond motifs is 2. The first-order chi connectivity index (χ1) is 9.13. The number of nitrogens with zero attached hydrogens (tertiary/aromatic N) is 1. The standard InChI is InChI=1S/C14H19BrFN3/c15-12-7-11(1-2-13(12)16)18-14(9-17)4-6-19-5-3-10(14)8-19/h1-2,7,10,18H,3-6,8-9,17H2. The highest BCUT2D eigenvalue weighted by Crippen LogP contribution is 2.38. The SMILES string of the molecule is NCC1(Nc2ccc(F)c(Br)c2)CCN2CCC1C2. The van der Waals surface area contributed by atoms with Gasteiger partial charge in [-0.2, -0.15) is 0 Å². The first kappa shape index (κ1) is 13.3. The summed E-state index contributed by atoms with van der Waals surface area (Å²) >= 11 is 3.24. The van der Waals surface area contributed by atoms with Gasteiger partial charge in [0.15, 0.2) is 0 Å². The van der Waals surface area contributed by atoms with Crippen molar-refractivity contribution in [3.63, 3.8) is 0 Å². The summed E-state index contributed by atoms with van der Waals surface area (Å²) in [4.78, 5) is 2.50. The van der Waals surface area contributed by atoms with Gasteiger partial charge in [-0.05, 0) is 59.4 Å². The van der Waals surface area contributed by atoms with Crippen molar-refractivity contribution >= 4 is 21.6 Å². The van der Waals surface area contributed by atoms with Crippen molar-refractivity contribution in [1.82, 2.24) is 4.90 Å². The van der Waals surface area contributed by atoms with Crippen LogP contribution in [0.4, 0.5) is 10.1 Å². The number of piperidine rings is 1. The van der Waals surface area contributed by atoms with E-state index in [1.807, 2.05) is 0 Å². The minimum atomic E-state index is -0.233. The molecule has 2 fully saturated rings. The fourth-order valence-electron chi connectivity index (χ4n) is 3.39. The van der Waals surface area contributed by atoms with Gasteiger partial charge < -0.3 is 16.0 Å². The maximum atomic E-state index is 13.3. The van der Waals surface area contributed by atoms with Crippen LogP contribution in [-0.4, -0.2) is 36.6 Å². The van der Waals surface area contributed by atoms with Gasteiger partial charge in [-0.25, -0.2) is 4.39 Å². The lowest BCUT2D eigenvalue weighted by molar-refractivity contribution is 0.190. The highest BCUT2D eigenvalue weighted by atomic mass is 79.9. The summed E-state index contributed by atoms with van der Waals surface area (Å²) in [5.41, 5.74) is 6.98. The molecule has 104 valence electrons. The van der Waals surface area contributed by atoms with E-state index in [0.717, 1.165) is 25.2 Å². The van der Waals surface area contributed by atoms with Gasteiger partial charge in [0.1, 0.15) is 5.82 Å². The maximum absolute atomic E-state index is 13.3. The molecule has 3 N–H and O–H groups in total. The number of hydrogen-bond acceptors (Lipinski definition) is 3. The Balaban J connectivity index is 1.84. The molecule has 5 heteroatoms. The Morgan fingerprint density at radius 3 is 3.05 bits per heavy atom. The Labute approximate surface area is 121 Å². The van der Waals surface area contributed by atoms with Gasteiger partial charge in [0.25, 0.3) is 0 Å². The summed E-state index contributed by atoms with van der Waals surface area (Å²) in [6.07, 6.45) is 2.26. The van der Waals surface area contributed by atoms with Crippen molar-refractivity contribution in [3.05, 3.63) is 28.5 Å². The molecule has 2 bridgehead atoms. The van der Waals surface area contributed by atoms with E-state index in [4.69, 9.17) is 5.73 Å². The third kappa shape index (κ3) is 2.39. The van der Waals surface area contributed by atoms with Crippen molar-refractivity contribution in [1.29, 1.82) is 0 Å². The van der Waals surface area contributed by atoms with E-state index in [1.165, 1.54) is 19.0 Å². The molecule has 1 aromatic rings. The minimum absolute atomic E-state index is 0.0374. The summed E-state index contributed by atoms with van der Waals surface area (Å²) in [5.74, 6) is 0.359. The van der Waals surface area contributed by atoms with Crippen LogP contribution in [0.1, 0.15) is 12.8 Å². The molecule has 0 radical (unpaired) electrons. The van der Waals surface area contributed by atoms with Crippen LogP contribution in [0.25, 0.3) is 0 Å². The normalized spacial score (nSPS) is 33.4. The zero-order chi connectivity index (χ0) is 13.5. The predicted molar refractivity (Wildman–Crippen MR) is 78.7 cm³/mol. The minimum Gasteiger partial charge on any atom is -0.378 e. The summed E-state index contributed by atoms with van der Waals surface area (Å²) in [6, 6.07) is 5.08. The van der Waals surface area contributed by atoms with Crippen molar-refractivity contribution in [3.8, 4) is 0 Å². The summed E-state index contributed by atoms with van der Waals surface area (Å²) in [6.45, 7) is 4.04. The molecule has 0 aromatic heterocycles. The van der Waals surface area contributed by atoms with Gasteiger partial charge in [0.05, 0.1) is 10.0 Å². The van der Waals surface area contributed by atoms with E-state index in [9.17, 15) is 4.39 Å². The lowest BCUT2D eigenvalue weighted by Crippen LogP contribution is -2.56. The first-order valence-corrected chi connectivity index (χ1v) is 7.58. The smallest absolute Gasteiger partial charge is 0.137 e. The van der Waals surface area contributed by atoms with Gasteiger partial charge in [-0.3, -0.25) is 0 Å². The topological polar surface area (TPSA) is 41.3 Å². The monoisotopic (exact) mass is 327 g/mol. The number of rotatable bonds is 3. The Hall–Kier alpha value is -0.650. The number of hydrogen-bond donors (Lipinski definition) is 2. The van der Waals surface area contributed by atoms with Gasteiger partial charge >= 0.3 is 0 Å². The Morgan fingerprint density at radius 2 is 2.32 bits per heavy atom. The fourth-order valence-corrected chi connectivity index (χ4v) is 3.77. The first-order valence-electron chi connectivity index (χ1n) is 6.79. The molecule has 3 atom stereocenters. The zero-order valence-electron chi connectivity index (χ0n) is 10.8. The fraction of sp³-hybridized carbons (Fsp3) is 0.571. The van der Waals surface area contributed by atoms with Crippen molar-refractivity contribution < 1.29 is 4.39 Å². The van der Waals surface area contributed by atoms with Crippen molar-refractivity contribution in [2.75, 3.05) is 31.5 Å². The number of nitrogens with two attached hydrogens (primary N) is 1. The number of benzene rings is 1. The van der Waals surface area contributed by atoms with Crippen molar-refractivity contribution in [2.24, 2.45) is 11.7 Å². The van der Waals surface area contributed by atoms with E-state index in [1.54, 1.807) is 12.1 Å². The molecular weight excluding hydrogens is 309 g/mol. The molecule has 0 amide bonds. The molecule has 3 rings (SSSR count). The van der Waals surface area contributed by atoms with Crippen LogP contribution >= 0.6 is 15.9 Å². The second kappa shape index (κ2) is 5.04.